The minimum atomic E-state index is -0.292. The third-order valence-corrected chi connectivity index (χ3v) is 7.18. The molecule has 1 aliphatic heterocycles. The highest BCUT2D eigenvalue weighted by atomic mass is 19.1. The molecule has 7 nitrogen and oxygen atoms in total. The first-order valence-corrected chi connectivity index (χ1v) is 13.6. The number of aryl methyl sites for hydroxylation is 1. The molecule has 0 spiro atoms. The molecule has 0 aliphatic carbocycles. The summed E-state index contributed by atoms with van der Waals surface area (Å²) in [5, 5.41) is 5.68. The van der Waals surface area contributed by atoms with Crippen LogP contribution in [0.1, 0.15) is 56.1 Å². The van der Waals surface area contributed by atoms with E-state index in [4.69, 9.17) is 15.1 Å². The van der Waals surface area contributed by atoms with Crippen molar-refractivity contribution in [3.05, 3.63) is 77.5 Å². The van der Waals surface area contributed by atoms with Crippen LogP contribution in [0.4, 0.5) is 10.2 Å². The number of nitrogens with zero attached hydrogens (tertiary/aromatic N) is 6. The van der Waals surface area contributed by atoms with Crippen LogP contribution >= 0.6 is 0 Å². The number of carbonyl (C=O) groups excluding carboxylic acids is 1. The zero-order valence-electron chi connectivity index (χ0n) is 22.2. The van der Waals surface area contributed by atoms with Crippen LogP contribution in [-0.2, 0) is 11.2 Å². The van der Waals surface area contributed by atoms with E-state index in [2.05, 4.69) is 24.0 Å². The second-order valence-electron chi connectivity index (χ2n) is 9.98. The maximum absolute atomic E-state index is 13.6. The number of unbranched alkanes of at least 4 members (excludes halogenated alkanes) is 3. The third kappa shape index (κ3) is 5.69. The maximum Gasteiger partial charge on any atom is 0.222 e. The number of amides is 1. The van der Waals surface area contributed by atoms with Gasteiger partial charge in [-0.1, -0.05) is 56.5 Å². The van der Waals surface area contributed by atoms with Crippen molar-refractivity contribution in [1.29, 1.82) is 0 Å². The highest BCUT2D eigenvalue weighted by molar-refractivity contribution is 5.91. The van der Waals surface area contributed by atoms with Gasteiger partial charge in [0.2, 0.25) is 5.91 Å². The molecule has 0 radical (unpaired) electrons. The van der Waals surface area contributed by atoms with Gasteiger partial charge in [0.1, 0.15) is 17.5 Å². The van der Waals surface area contributed by atoms with Gasteiger partial charge in [0, 0.05) is 39.0 Å². The second-order valence-corrected chi connectivity index (χ2v) is 9.98. The van der Waals surface area contributed by atoms with E-state index in [1.54, 1.807) is 16.8 Å². The molecule has 4 aromatic rings. The average Bonchev–Trinajstić information content (AvgIpc) is 3.27. The van der Waals surface area contributed by atoms with E-state index in [9.17, 15) is 9.18 Å². The highest BCUT2D eigenvalue weighted by Gasteiger charge is 2.26. The van der Waals surface area contributed by atoms with Gasteiger partial charge in [-0.15, -0.1) is 0 Å². The summed E-state index contributed by atoms with van der Waals surface area (Å²) in [4.78, 5) is 27.0. The van der Waals surface area contributed by atoms with Crippen LogP contribution in [0.15, 0.2) is 54.6 Å². The zero-order chi connectivity index (χ0) is 26.5. The van der Waals surface area contributed by atoms with E-state index in [0.717, 1.165) is 41.0 Å². The summed E-state index contributed by atoms with van der Waals surface area (Å²) in [7, 11) is 0. The second kappa shape index (κ2) is 11.7. The van der Waals surface area contributed by atoms with Crippen LogP contribution in [0.3, 0.4) is 0 Å². The number of hydrogen-bond acceptors (Lipinski definition) is 5. The Hall–Kier alpha value is -3.81. The molecule has 38 heavy (non-hydrogen) atoms. The molecule has 1 fully saturated rings. The average molecular weight is 515 g/mol. The largest absolute Gasteiger partial charge is 0.352 e. The fraction of sp³-hybridized carbons (Fsp3) is 0.400. The Kier molecular flexibility index (Phi) is 7.96. The van der Waals surface area contributed by atoms with Gasteiger partial charge in [0.15, 0.2) is 5.65 Å². The number of rotatable bonds is 9. The minimum Gasteiger partial charge on any atom is -0.352 e. The number of halogens is 1. The van der Waals surface area contributed by atoms with E-state index >= 15 is 0 Å². The molecule has 0 atom stereocenters. The SMILES string of the molecule is CCCCCCC(=O)N1CCN(c2nc(Cc3ccccc3)nc3c2c(C)nn3-c2ccc(F)cc2)CC1. The number of piperazine rings is 1. The van der Waals surface area contributed by atoms with Crippen molar-refractivity contribution in [2.24, 2.45) is 0 Å². The number of hydrogen-bond donors (Lipinski definition) is 0. The van der Waals surface area contributed by atoms with Gasteiger partial charge in [0.05, 0.1) is 16.8 Å². The molecule has 0 bridgehead atoms. The van der Waals surface area contributed by atoms with Gasteiger partial charge >= 0.3 is 0 Å². The molecule has 5 rings (SSSR count). The Balaban J connectivity index is 1.45. The number of benzene rings is 2. The fourth-order valence-electron chi connectivity index (χ4n) is 5.08. The first-order valence-electron chi connectivity index (χ1n) is 13.6. The van der Waals surface area contributed by atoms with Crippen LogP contribution in [0.5, 0.6) is 0 Å². The van der Waals surface area contributed by atoms with Gasteiger partial charge < -0.3 is 9.80 Å². The van der Waals surface area contributed by atoms with Crippen molar-refractivity contribution in [3.8, 4) is 5.69 Å². The monoisotopic (exact) mass is 514 g/mol. The van der Waals surface area contributed by atoms with Gasteiger partial charge in [0.25, 0.3) is 0 Å². The third-order valence-electron chi connectivity index (χ3n) is 7.18. The molecule has 0 N–H and O–H groups in total. The highest BCUT2D eigenvalue weighted by Crippen LogP contribution is 2.30. The smallest absolute Gasteiger partial charge is 0.222 e. The molecular weight excluding hydrogens is 479 g/mol. The van der Waals surface area contributed by atoms with E-state index in [-0.39, 0.29) is 11.7 Å². The lowest BCUT2D eigenvalue weighted by Crippen LogP contribution is -2.49. The van der Waals surface area contributed by atoms with Crippen LogP contribution in [-0.4, -0.2) is 56.7 Å². The van der Waals surface area contributed by atoms with Crippen LogP contribution < -0.4 is 4.90 Å². The topological polar surface area (TPSA) is 67.2 Å². The number of carbonyl (C=O) groups is 1. The quantitative estimate of drug-likeness (QED) is 0.277. The molecule has 2 aromatic heterocycles. The van der Waals surface area contributed by atoms with Crippen LogP contribution in [0.25, 0.3) is 16.7 Å². The van der Waals surface area contributed by atoms with E-state index in [1.807, 2.05) is 30.0 Å². The van der Waals surface area contributed by atoms with Crippen LogP contribution in [0.2, 0.25) is 0 Å². The lowest BCUT2D eigenvalue weighted by Gasteiger charge is -2.36. The maximum atomic E-state index is 13.6. The van der Waals surface area contributed by atoms with Gasteiger partial charge in [-0.2, -0.15) is 5.10 Å². The summed E-state index contributed by atoms with van der Waals surface area (Å²) in [6, 6.07) is 16.5. The van der Waals surface area contributed by atoms with Gasteiger partial charge in [-0.25, -0.2) is 19.0 Å². The molecule has 0 unspecified atom stereocenters. The summed E-state index contributed by atoms with van der Waals surface area (Å²) in [5.41, 5.74) is 3.40. The molecule has 3 heterocycles. The van der Waals surface area contributed by atoms with Crippen molar-refractivity contribution < 1.29 is 9.18 Å². The van der Waals surface area contributed by atoms with E-state index in [0.29, 0.717) is 50.5 Å². The summed E-state index contributed by atoms with van der Waals surface area (Å²) >= 11 is 0. The summed E-state index contributed by atoms with van der Waals surface area (Å²) in [6.45, 7) is 6.91. The van der Waals surface area contributed by atoms with Crippen molar-refractivity contribution in [3.63, 3.8) is 0 Å². The lowest BCUT2D eigenvalue weighted by atomic mass is 10.1. The van der Waals surface area contributed by atoms with Gasteiger partial charge in [-0.3, -0.25) is 4.79 Å². The Morgan fingerprint density at radius 1 is 0.921 bits per heavy atom. The van der Waals surface area contributed by atoms with Crippen LogP contribution in [0, 0.1) is 12.7 Å². The molecule has 1 amide bonds. The molecule has 8 heteroatoms. The first kappa shape index (κ1) is 25.8. The molecule has 2 aromatic carbocycles. The van der Waals surface area contributed by atoms with Crippen molar-refractivity contribution in [2.45, 2.75) is 52.4 Å². The number of fused-ring (bicyclic) bond motifs is 1. The Morgan fingerprint density at radius 2 is 1.66 bits per heavy atom. The normalized spacial score (nSPS) is 13.9. The fourth-order valence-corrected chi connectivity index (χ4v) is 5.08. The molecule has 1 aliphatic rings. The molecule has 198 valence electrons. The van der Waals surface area contributed by atoms with Gasteiger partial charge in [-0.05, 0) is 43.2 Å². The Bertz CT molecular complexity index is 1380. The van der Waals surface area contributed by atoms with E-state index in [1.165, 1.54) is 25.0 Å². The minimum absolute atomic E-state index is 0.249. The van der Waals surface area contributed by atoms with Crippen molar-refractivity contribution >= 4 is 22.8 Å². The molecule has 0 saturated carbocycles. The summed E-state index contributed by atoms with van der Waals surface area (Å²) < 4.78 is 15.4. The standard InChI is InChI=1S/C30H35FN6O/c1-3-4-5-9-12-27(38)35-17-19-36(20-18-35)29-28-22(2)34-37(25-15-13-24(31)14-16-25)30(28)33-26(32-29)21-23-10-7-6-8-11-23/h6-8,10-11,13-16H,3-5,9,12,17-21H2,1-2H3. The number of anilines is 1. The summed E-state index contributed by atoms with van der Waals surface area (Å²) in [5.74, 6) is 1.51. The predicted molar refractivity (Wildman–Crippen MR) is 148 cm³/mol. The Labute approximate surface area is 223 Å². The molecular formula is C30H35FN6O. The molecule has 1 saturated heterocycles. The summed E-state index contributed by atoms with van der Waals surface area (Å²) in [6.07, 6.45) is 5.65. The van der Waals surface area contributed by atoms with E-state index < -0.39 is 0 Å². The van der Waals surface area contributed by atoms with Crippen molar-refractivity contribution in [1.82, 2.24) is 24.6 Å². The zero-order valence-corrected chi connectivity index (χ0v) is 22.2. The predicted octanol–water partition coefficient (Wildman–Crippen LogP) is 5.47. The first-order chi connectivity index (χ1) is 18.5. The lowest BCUT2D eigenvalue weighted by molar-refractivity contribution is -0.131. The van der Waals surface area contributed by atoms with Crippen molar-refractivity contribution in [2.75, 3.05) is 31.1 Å². The number of aromatic nitrogens is 4. The Morgan fingerprint density at radius 3 is 2.37 bits per heavy atom.